The molecule has 1 atom stereocenters. The molecule has 1 aromatic carbocycles. The van der Waals surface area contributed by atoms with Gasteiger partial charge in [0.05, 0.1) is 12.7 Å². The van der Waals surface area contributed by atoms with Crippen molar-refractivity contribution in [2.75, 3.05) is 6.61 Å². The van der Waals surface area contributed by atoms with Gasteiger partial charge in [-0.05, 0) is 31.0 Å². The summed E-state index contributed by atoms with van der Waals surface area (Å²) < 4.78 is 5.54. The third-order valence-corrected chi connectivity index (χ3v) is 2.45. The van der Waals surface area contributed by atoms with Crippen molar-refractivity contribution in [2.45, 2.75) is 32.8 Å². The zero-order valence-corrected chi connectivity index (χ0v) is 10.1. The fourth-order valence-corrected chi connectivity index (χ4v) is 1.37. The Morgan fingerprint density at radius 3 is 2.50 bits per heavy atom. The summed E-state index contributed by atoms with van der Waals surface area (Å²) in [6.45, 7) is 8.43. The van der Waals surface area contributed by atoms with Crippen molar-refractivity contribution in [1.82, 2.24) is 0 Å². The maximum atomic E-state index is 9.62. The summed E-state index contributed by atoms with van der Waals surface area (Å²) in [7, 11) is 0. The Bertz CT molecular complexity index is 327. The summed E-state index contributed by atoms with van der Waals surface area (Å²) in [6.07, 6.45) is 1.24. The first-order valence-electron chi connectivity index (χ1n) is 5.68. The predicted octanol–water partition coefficient (Wildman–Crippen LogP) is 3.48. The molecule has 0 heterocycles. The molecule has 1 rings (SSSR count). The second-order valence-corrected chi connectivity index (χ2v) is 4.05. The van der Waals surface area contributed by atoms with Gasteiger partial charge in [0.2, 0.25) is 0 Å². The van der Waals surface area contributed by atoms with Crippen LogP contribution in [0.2, 0.25) is 0 Å². The van der Waals surface area contributed by atoms with Crippen molar-refractivity contribution in [3.63, 3.8) is 0 Å². The number of hydrogen-bond acceptors (Lipinski definition) is 2. The van der Waals surface area contributed by atoms with Crippen molar-refractivity contribution in [3.8, 4) is 5.75 Å². The van der Waals surface area contributed by atoms with Gasteiger partial charge in [-0.3, -0.25) is 0 Å². The van der Waals surface area contributed by atoms with Gasteiger partial charge in [0.15, 0.2) is 0 Å². The minimum atomic E-state index is -0.371. The lowest BCUT2D eigenvalue weighted by atomic mass is 10.1. The highest BCUT2D eigenvalue weighted by Gasteiger charge is 2.04. The van der Waals surface area contributed by atoms with Gasteiger partial charge in [0.25, 0.3) is 0 Å². The standard InChI is InChI=1S/C14H20O2/c1-4-14(15)12-5-7-13(8-6-12)16-10-9-11(2)3/h5-8,14-15H,2,4,9-10H2,1,3H3. The van der Waals surface area contributed by atoms with Crippen molar-refractivity contribution in [3.05, 3.63) is 42.0 Å². The lowest BCUT2D eigenvalue weighted by Crippen LogP contribution is -1.99. The molecule has 0 aliphatic rings. The van der Waals surface area contributed by atoms with Crippen LogP contribution in [0.1, 0.15) is 38.4 Å². The van der Waals surface area contributed by atoms with Gasteiger partial charge in [0, 0.05) is 6.42 Å². The van der Waals surface area contributed by atoms with Gasteiger partial charge in [-0.1, -0.05) is 24.6 Å². The second kappa shape index (κ2) is 6.33. The Hall–Kier alpha value is -1.28. The van der Waals surface area contributed by atoms with Gasteiger partial charge >= 0.3 is 0 Å². The van der Waals surface area contributed by atoms with Crippen LogP contribution in [0.15, 0.2) is 36.4 Å². The first kappa shape index (κ1) is 12.8. The predicted molar refractivity (Wildman–Crippen MR) is 66.6 cm³/mol. The van der Waals surface area contributed by atoms with Crippen molar-refractivity contribution < 1.29 is 9.84 Å². The molecular weight excluding hydrogens is 200 g/mol. The smallest absolute Gasteiger partial charge is 0.119 e. The molecule has 0 aliphatic carbocycles. The molecule has 2 heteroatoms. The topological polar surface area (TPSA) is 29.5 Å². The van der Waals surface area contributed by atoms with Crippen LogP contribution in [0.4, 0.5) is 0 Å². The quantitative estimate of drug-likeness (QED) is 0.744. The maximum absolute atomic E-state index is 9.62. The molecule has 1 aromatic rings. The van der Waals surface area contributed by atoms with Crippen LogP contribution < -0.4 is 4.74 Å². The van der Waals surface area contributed by atoms with Gasteiger partial charge < -0.3 is 9.84 Å². The highest BCUT2D eigenvalue weighted by Crippen LogP contribution is 2.19. The van der Waals surface area contributed by atoms with Crippen LogP contribution in [0.3, 0.4) is 0 Å². The lowest BCUT2D eigenvalue weighted by molar-refractivity contribution is 0.173. The molecule has 0 saturated heterocycles. The highest BCUT2D eigenvalue weighted by atomic mass is 16.5. The van der Waals surface area contributed by atoms with Crippen molar-refractivity contribution >= 4 is 0 Å². The van der Waals surface area contributed by atoms with E-state index in [4.69, 9.17) is 4.74 Å². The number of benzene rings is 1. The third kappa shape index (κ3) is 4.07. The van der Waals surface area contributed by atoms with Crippen LogP contribution in [0, 0.1) is 0 Å². The van der Waals surface area contributed by atoms with E-state index in [1.807, 2.05) is 38.1 Å². The summed E-state index contributed by atoms with van der Waals surface area (Å²) in [5.41, 5.74) is 2.06. The summed E-state index contributed by atoms with van der Waals surface area (Å²) in [6, 6.07) is 7.60. The molecule has 88 valence electrons. The van der Waals surface area contributed by atoms with E-state index in [1.165, 1.54) is 0 Å². The molecule has 0 aliphatic heterocycles. The molecule has 1 unspecified atom stereocenters. The van der Waals surface area contributed by atoms with E-state index < -0.39 is 0 Å². The minimum absolute atomic E-state index is 0.371. The molecule has 2 nitrogen and oxygen atoms in total. The largest absolute Gasteiger partial charge is 0.493 e. The van der Waals surface area contributed by atoms with Gasteiger partial charge in [0.1, 0.15) is 5.75 Å². The summed E-state index contributed by atoms with van der Waals surface area (Å²) in [4.78, 5) is 0. The van der Waals surface area contributed by atoms with Crippen LogP contribution in [0.5, 0.6) is 5.75 Å². The van der Waals surface area contributed by atoms with Crippen LogP contribution >= 0.6 is 0 Å². The number of hydrogen-bond donors (Lipinski definition) is 1. The monoisotopic (exact) mass is 220 g/mol. The van der Waals surface area contributed by atoms with Gasteiger partial charge in [-0.25, -0.2) is 0 Å². The number of rotatable bonds is 6. The lowest BCUT2D eigenvalue weighted by Gasteiger charge is -2.10. The highest BCUT2D eigenvalue weighted by molar-refractivity contribution is 5.28. The zero-order chi connectivity index (χ0) is 12.0. The Morgan fingerprint density at radius 1 is 1.38 bits per heavy atom. The summed E-state index contributed by atoms with van der Waals surface area (Å²) >= 11 is 0. The Morgan fingerprint density at radius 2 is 2.00 bits per heavy atom. The maximum Gasteiger partial charge on any atom is 0.119 e. The molecule has 0 fully saturated rings. The van der Waals surface area contributed by atoms with Gasteiger partial charge in [-0.2, -0.15) is 0 Å². The van der Waals surface area contributed by atoms with Crippen LogP contribution in [-0.2, 0) is 0 Å². The van der Waals surface area contributed by atoms with E-state index in [-0.39, 0.29) is 6.10 Å². The first-order valence-corrected chi connectivity index (χ1v) is 5.68. The Balaban J connectivity index is 2.48. The molecule has 0 bridgehead atoms. The number of ether oxygens (including phenoxy) is 1. The Kier molecular flexibility index (Phi) is 5.06. The van der Waals surface area contributed by atoms with E-state index in [0.717, 1.165) is 29.7 Å². The number of aliphatic hydroxyl groups excluding tert-OH is 1. The van der Waals surface area contributed by atoms with Crippen molar-refractivity contribution in [2.24, 2.45) is 0 Å². The van der Waals surface area contributed by atoms with E-state index in [0.29, 0.717) is 6.61 Å². The summed E-state index contributed by atoms with van der Waals surface area (Å²) in [5, 5.41) is 9.62. The fraction of sp³-hybridized carbons (Fsp3) is 0.429. The van der Waals surface area contributed by atoms with E-state index in [1.54, 1.807) is 0 Å². The fourth-order valence-electron chi connectivity index (χ4n) is 1.37. The van der Waals surface area contributed by atoms with E-state index in [2.05, 4.69) is 6.58 Å². The van der Waals surface area contributed by atoms with E-state index >= 15 is 0 Å². The molecule has 16 heavy (non-hydrogen) atoms. The molecule has 0 aromatic heterocycles. The molecule has 0 spiro atoms. The van der Waals surface area contributed by atoms with Gasteiger partial charge in [-0.15, -0.1) is 6.58 Å². The molecule has 0 saturated carbocycles. The summed E-state index contributed by atoms with van der Waals surface area (Å²) in [5.74, 6) is 0.841. The normalized spacial score (nSPS) is 12.2. The minimum Gasteiger partial charge on any atom is -0.493 e. The van der Waals surface area contributed by atoms with E-state index in [9.17, 15) is 5.11 Å². The zero-order valence-electron chi connectivity index (χ0n) is 10.1. The van der Waals surface area contributed by atoms with Crippen LogP contribution in [0.25, 0.3) is 0 Å². The number of aliphatic hydroxyl groups is 1. The van der Waals surface area contributed by atoms with Crippen LogP contribution in [-0.4, -0.2) is 11.7 Å². The average Bonchev–Trinajstić information content (AvgIpc) is 2.28. The second-order valence-electron chi connectivity index (χ2n) is 4.05. The third-order valence-electron chi connectivity index (χ3n) is 2.45. The Labute approximate surface area is 97.6 Å². The first-order chi connectivity index (χ1) is 7.63. The molecule has 0 radical (unpaired) electrons. The van der Waals surface area contributed by atoms with Crippen molar-refractivity contribution in [1.29, 1.82) is 0 Å². The molecule has 0 amide bonds. The average molecular weight is 220 g/mol. The molecular formula is C14H20O2. The molecule has 1 N–H and O–H groups in total. The SMILES string of the molecule is C=C(C)CCOc1ccc(C(O)CC)cc1.